The van der Waals surface area contributed by atoms with Crippen molar-refractivity contribution in [1.82, 2.24) is 15.5 Å². The number of nitrogens with zero attached hydrogens (tertiary/aromatic N) is 2. The normalized spacial score (nSPS) is 26.7. The zero-order valence-corrected chi connectivity index (χ0v) is 12.5. The van der Waals surface area contributed by atoms with Gasteiger partial charge >= 0.3 is 0 Å². The summed E-state index contributed by atoms with van der Waals surface area (Å²) in [6.45, 7) is 4.37. The van der Waals surface area contributed by atoms with E-state index in [2.05, 4.69) is 17.4 Å². The maximum absolute atomic E-state index is 5.67. The van der Waals surface area contributed by atoms with Crippen LogP contribution in [0.25, 0.3) is 0 Å². The van der Waals surface area contributed by atoms with Crippen molar-refractivity contribution in [3.63, 3.8) is 0 Å². The zero-order valence-electron chi connectivity index (χ0n) is 11.7. The monoisotopic (exact) mass is 281 g/mol. The number of rotatable bonds is 4. The van der Waals surface area contributed by atoms with E-state index in [0.29, 0.717) is 5.25 Å². The van der Waals surface area contributed by atoms with Gasteiger partial charge in [-0.2, -0.15) is 16.7 Å². The molecule has 0 saturated carbocycles. The van der Waals surface area contributed by atoms with Gasteiger partial charge in [-0.05, 0) is 50.9 Å². The molecular weight excluding hydrogens is 258 g/mol. The Labute approximate surface area is 119 Å². The van der Waals surface area contributed by atoms with Gasteiger partial charge in [-0.3, -0.25) is 0 Å². The van der Waals surface area contributed by atoms with Crippen molar-refractivity contribution >= 4 is 11.8 Å². The minimum absolute atomic E-state index is 0.133. The Bertz CT molecular complexity index is 403. The molecule has 2 saturated heterocycles. The van der Waals surface area contributed by atoms with Crippen LogP contribution in [0.4, 0.5) is 0 Å². The average Bonchev–Trinajstić information content (AvgIpc) is 3.11. The molecule has 0 radical (unpaired) electrons. The number of aromatic nitrogens is 2. The molecule has 0 bridgehead atoms. The second kappa shape index (κ2) is 5.83. The fraction of sp³-hybridized carbons (Fsp3) is 0.857. The smallest absolute Gasteiger partial charge is 0.232 e. The third-order valence-corrected chi connectivity index (χ3v) is 5.78. The van der Waals surface area contributed by atoms with E-state index in [1.807, 2.05) is 11.8 Å². The number of hydrogen-bond acceptors (Lipinski definition) is 5. The van der Waals surface area contributed by atoms with E-state index < -0.39 is 0 Å². The van der Waals surface area contributed by atoms with Gasteiger partial charge in [0.2, 0.25) is 5.89 Å². The van der Waals surface area contributed by atoms with Crippen molar-refractivity contribution in [2.45, 2.75) is 56.1 Å². The Hall–Kier alpha value is -0.550. The molecule has 0 amide bonds. The SMILES string of the molecule is CCCC1(c2nc(C3CCCS3)no2)CCNCC1. The maximum Gasteiger partial charge on any atom is 0.232 e. The minimum Gasteiger partial charge on any atom is -0.339 e. The van der Waals surface area contributed by atoms with Gasteiger partial charge in [-0.1, -0.05) is 18.5 Å². The Morgan fingerprint density at radius 3 is 2.95 bits per heavy atom. The first-order valence-electron chi connectivity index (χ1n) is 7.50. The standard InChI is InChI=1S/C14H23N3OS/c1-2-5-14(6-8-15-9-7-14)13-16-12(17-18-13)11-4-3-10-19-11/h11,15H,2-10H2,1H3. The van der Waals surface area contributed by atoms with Crippen LogP contribution in [-0.2, 0) is 5.41 Å². The lowest BCUT2D eigenvalue weighted by Gasteiger charge is -2.34. The summed E-state index contributed by atoms with van der Waals surface area (Å²) < 4.78 is 5.67. The molecule has 2 fully saturated rings. The van der Waals surface area contributed by atoms with E-state index in [-0.39, 0.29) is 5.41 Å². The van der Waals surface area contributed by atoms with Crippen LogP contribution >= 0.6 is 11.8 Å². The van der Waals surface area contributed by atoms with Gasteiger partial charge < -0.3 is 9.84 Å². The number of thioether (sulfide) groups is 1. The van der Waals surface area contributed by atoms with E-state index >= 15 is 0 Å². The molecule has 3 heterocycles. The molecule has 1 unspecified atom stereocenters. The first-order chi connectivity index (χ1) is 9.34. The van der Waals surface area contributed by atoms with Crippen molar-refractivity contribution in [1.29, 1.82) is 0 Å². The molecule has 5 heteroatoms. The quantitative estimate of drug-likeness (QED) is 0.919. The van der Waals surface area contributed by atoms with Crippen LogP contribution < -0.4 is 5.32 Å². The van der Waals surface area contributed by atoms with Gasteiger partial charge in [0.1, 0.15) is 0 Å². The lowest BCUT2D eigenvalue weighted by Crippen LogP contribution is -2.40. The van der Waals surface area contributed by atoms with E-state index in [0.717, 1.165) is 44.1 Å². The lowest BCUT2D eigenvalue weighted by atomic mass is 9.75. The molecule has 2 aliphatic rings. The summed E-state index contributed by atoms with van der Waals surface area (Å²) in [5.74, 6) is 3.07. The molecule has 1 aromatic rings. The van der Waals surface area contributed by atoms with E-state index in [1.165, 1.54) is 25.0 Å². The third kappa shape index (κ3) is 2.68. The Kier molecular flexibility index (Phi) is 4.12. The summed E-state index contributed by atoms with van der Waals surface area (Å²) in [6, 6.07) is 0. The molecule has 2 aliphatic heterocycles. The Morgan fingerprint density at radius 1 is 1.42 bits per heavy atom. The van der Waals surface area contributed by atoms with Crippen LogP contribution in [-0.4, -0.2) is 29.0 Å². The second-order valence-electron chi connectivity index (χ2n) is 5.74. The fourth-order valence-corrected chi connectivity index (χ4v) is 4.51. The van der Waals surface area contributed by atoms with Crippen LogP contribution in [0.5, 0.6) is 0 Å². The zero-order chi connectivity index (χ0) is 13.1. The van der Waals surface area contributed by atoms with Crippen LogP contribution in [0, 0.1) is 0 Å². The van der Waals surface area contributed by atoms with Gasteiger partial charge in [0, 0.05) is 0 Å². The summed E-state index contributed by atoms with van der Waals surface area (Å²) in [5, 5.41) is 8.18. The molecule has 1 aromatic heterocycles. The van der Waals surface area contributed by atoms with E-state index in [4.69, 9.17) is 9.51 Å². The number of nitrogens with one attached hydrogen (secondary N) is 1. The van der Waals surface area contributed by atoms with Crippen LogP contribution in [0.2, 0.25) is 0 Å². The largest absolute Gasteiger partial charge is 0.339 e. The second-order valence-corrected chi connectivity index (χ2v) is 7.05. The van der Waals surface area contributed by atoms with Crippen molar-refractivity contribution < 1.29 is 4.52 Å². The predicted octanol–water partition coefficient (Wildman–Crippen LogP) is 3.06. The van der Waals surface area contributed by atoms with E-state index in [1.54, 1.807) is 0 Å². The highest BCUT2D eigenvalue weighted by molar-refractivity contribution is 7.99. The van der Waals surface area contributed by atoms with Crippen molar-refractivity contribution in [2.75, 3.05) is 18.8 Å². The molecule has 106 valence electrons. The highest BCUT2D eigenvalue weighted by atomic mass is 32.2. The highest BCUT2D eigenvalue weighted by Crippen LogP contribution is 2.41. The molecule has 0 aliphatic carbocycles. The molecule has 0 aromatic carbocycles. The van der Waals surface area contributed by atoms with Crippen molar-refractivity contribution in [3.8, 4) is 0 Å². The first-order valence-corrected chi connectivity index (χ1v) is 8.55. The van der Waals surface area contributed by atoms with Gasteiger partial charge in [0.25, 0.3) is 0 Å². The summed E-state index contributed by atoms with van der Waals surface area (Å²) in [6.07, 6.45) is 7.07. The van der Waals surface area contributed by atoms with Crippen LogP contribution in [0.3, 0.4) is 0 Å². The molecule has 3 rings (SSSR count). The highest BCUT2D eigenvalue weighted by Gasteiger charge is 2.39. The lowest BCUT2D eigenvalue weighted by molar-refractivity contribution is 0.208. The molecule has 1 atom stereocenters. The summed E-state index contributed by atoms with van der Waals surface area (Å²) in [7, 11) is 0. The number of piperidine rings is 1. The molecular formula is C14H23N3OS. The summed E-state index contributed by atoms with van der Waals surface area (Å²) in [5.41, 5.74) is 0.133. The summed E-state index contributed by atoms with van der Waals surface area (Å²) in [4.78, 5) is 4.78. The van der Waals surface area contributed by atoms with Gasteiger partial charge in [0.15, 0.2) is 5.82 Å². The number of hydrogen-bond donors (Lipinski definition) is 1. The van der Waals surface area contributed by atoms with Gasteiger partial charge in [0.05, 0.1) is 10.7 Å². The van der Waals surface area contributed by atoms with Crippen LogP contribution in [0.15, 0.2) is 4.52 Å². The summed E-state index contributed by atoms with van der Waals surface area (Å²) >= 11 is 1.97. The Balaban J connectivity index is 1.81. The third-order valence-electron chi connectivity index (χ3n) is 4.40. The maximum atomic E-state index is 5.67. The van der Waals surface area contributed by atoms with Gasteiger partial charge in [-0.15, -0.1) is 0 Å². The van der Waals surface area contributed by atoms with Crippen LogP contribution in [0.1, 0.15) is 62.4 Å². The molecule has 0 spiro atoms. The minimum atomic E-state index is 0.133. The molecule has 1 N–H and O–H groups in total. The van der Waals surface area contributed by atoms with E-state index in [9.17, 15) is 0 Å². The molecule has 4 nitrogen and oxygen atoms in total. The van der Waals surface area contributed by atoms with Crippen molar-refractivity contribution in [2.24, 2.45) is 0 Å². The topological polar surface area (TPSA) is 51.0 Å². The average molecular weight is 281 g/mol. The predicted molar refractivity (Wildman–Crippen MR) is 77.4 cm³/mol. The fourth-order valence-electron chi connectivity index (χ4n) is 3.32. The Morgan fingerprint density at radius 2 is 2.26 bits per heavy atom. The van der Waals surface area contributed by atoms with Crippen molar-refractivity contribution in [3.05, 3.63) is 11.7 Å². The molecule has 19 heavy (non-hydrogen) atoms. The first kappa shape index (κ1) is 13.4. The van der Waals surface area contributed by atoms with Gasteiger partial charge in [-0.25, -0.2) is 0 Å².